The number of piperazine rings is 1. The van der Waals surface area contributed by atoms with Gasteiger partial charge in [-0.1, -0.05) is 6.92 Å². The summed E-state index contributed by atoms with van der Waals surface area (Å²) in [6.45, 7) is 9.55. The molecule has 0 saturated carbocycles. The topological polar surface area (TPSA) is 41.1 Å². The van der Waals surface area contributed by atoms with Crippen molar-refractivity contribution in [3.8, 4) is 0 Å². The van der Waals surface area contributed by atoms with E-state index in [1.54, 1.807) is 0 Å². The van der Waals surface area contributed by atoms with Crippen LogP contribution in [0.2, 0.25) is 0 Å². The number of aromatic nitrogens is 2. The van der Waals surface area contributed by atoms with Gasteiger partial charge in [0, 0.05) is 44.1 Å². The van der Waals surface area contributed by atoms with Gasteiger partial charge in [0.25, 0.3) is 0 Å². The molecule has 1 aliphatic heterocycles. The van der Waals surface area contributed by atoms with Crippen molar-refractivity contribution < 1.29 is 0 Å². The number of nitrogens with one attached hydrogen (secondary N) is 1. The minimum absolute atomic E-state index is 0.570. The Morgan fingerprint density at radius 1 is 1.41 bits per heavy atom. The van der Waals surface area contributed by atoms with Crippen LogP contribution in [0.25, 0.3) is 0 Å². The van der Waals surface area contributed by atoms with E-state index in [2.05, 4.69) is 34.0 Å². The third-order valence-electron chi connectivity index (χ3n) is 3.47. The third-order valence-corrected chi connectivity index (χ3v) is 3.47. The van der Waals surface area contributed by atoms with E-state index in [-0.39, 0.29) is 0 Å². The van der Waals surface area contributed by atoms with E-state index < -0.39 is 0 Å². The molecule has 1 aromatic rings. The zero-order chi connectivity index (χ0) is 12.3. The van der Waals surface area contributed by atoms with Gasteiger partial charge in [0.2, 0.25) is 0 Å². The number of hydrogen-bond acceptors (Lipinski definition) is 4. The molecule has 2 rings (SSSR count). The molecular formula is C13H22N4. The highest BCUT2D eigenvalue weighted by Crippen LogP contribution is 2.12. The molecule has 2 unspecified atom stereocenters. The van der Waals surface area contributed by atoms with Crippen LogP contribution in [0.5, 0.6) is 0 Å². The van der Waals surface area contributed by atoms with E-state index in [9.17, 15) is 0 Å². The van der Waals surface area contributed by atoms with Gasteiger partial charge in [0.15, 0.2) is 0 Å². The predicted molar refractivity (Wildman–Crippen MR) is 68.7 cm³/mol. The fraction of sp³-hybridized carbons (Fsp3) is 0.692. The monoisotopic (exact) mass is 234 g/mol. The van der Waals surface area contributed by atoms with E-state index >= 15 is 0 Å². The minimum Gasteiger partial charge on any atom is -0.311 e. The number of aryl methyl sites for hydroxylation is 1. The zero-order valence-corrected chi connectivity index (χ0v) is 11.0. The second kappa shape index (κ2) is 5.56. The summed E-state index contributed by atoms with van der Waals surface area (Å²) in [5, 5.41) is 3.57. The number of nitrogens with zero attached hydrogens (tertiary/aromatic N) is 3. The molecule has 0 radical (unpaired) electrons. The van der Waals surface area contributed by atoms with Gasteiger partial charge in [-0.15, -0.1) is 0 Å². The lowest BCUT2D eigenvalue weighted by Gasteiger charge is -2.38. The van der Waals surface area contributed by atoms with Crippen LogP contribution in [-0.2, 0) is 6.54 Å². The van der Waals surface area contributed by atoms with Gasteiger partial charge in [-0.2, -0.15) is 0 Å². The highest BCUT2D eigenvalue weighted by molar-refractivity contribution is 5.01. The quantitative estimate of drug-likeness (QED) is 0.857. The molecule has 0 spiro atoms. The molecule has 1 fully saturated rings. The predicted octanol–water partition coefficient (Wildman–Crippen LogP) is 1.36. The van der Waals surface area contributed by atoms with E-state index in [4.69, 9.17) is 0 Å². The molecule has 1 aromatic heterocycles. The summed E-state index contributed by atoms with van der Waals surface area (Å²) in [4.78, 5) is 11.2. The van der Waals surface area contributed by atoms with Crippen LogP contribution in [0.1, 0.15) is 31.7 Å². The maximum atomic E-state index is 4.43. The molecule has 0 amide bonds. The second-order valence-electron chi connectivity index (χ2n) is 4.94. The fourth-order valence-electron chi connectivity index (χ4n) is 2.20. The average molecular weight is 234 g/mol. The molecule has 2 atom stereocenters. The van der Waals surface area contributed by atoms with Crippen molar-refractivity contribution in [3.63, 3.8) is 0 Å². The molecular weight excluding hydrogens is 212 g/mol. The lowest BCUT2D eigenvalue weighted by Crippen LogP contribution is -2.54. The van der Waals surface area contributed by atoms with Gasteiger partial charge in [0.05, 0.1) is 11.4 Å². The molecule has 4 nitrogen and oxygen atoms in total. The SMILES string of the molecule is CCC1CN(Cc2cnc(C)cn2)C(C)CN1. The normalized spacial score (nSPS) is 26.1. The fourth-order valence-corrected chi connectivity index (χ4v) is 2.20. The van der Waals surface area contributed by atoms with Crippen LogP contribution in [0.3, 0.4) is 0 Å². The highest BCUT2D eigenvalue weighted by Gasteiger charge is 2.23. The molecule has 17 heavy (non-hydrogen) atoms. The van der Waals surface area contributed by atoms with Crippen LogP contribution >= 0.6 is 0 Å². The van der Waals surface area contributed by atoms with Crippen molar-refractivity contribution in [2.24, 2.45) is 0 Å². The zero-order valence-electron chi connectivity index (χ0n) is 11.0. The summed E-state index contributed by atoms with van der Waals surface area (Å²) in [5.74, 6) is 0. The van der Waals surface area contributed by atoms with Crippen LogP contribution in [-0.4, -0.2) is 40.0 Å². The van der Waals surface area contributed by atoms with E-state index in [0.29, 0.717) is 12.1 Å². The van der Waals surface area contributed by atoms with Crippen molar-refractivity contribution in [1.29, 1.82) is 0 Å². The first-order valence-electron chi connectivity index (χ1n) is 6.44. The van der Waals surface area contributed by atoms with Crippen molar-refractivity contribution in [2.75, 3.05) is 13.1 Å². The standard InChI is InChI=1S/C13H22N4/c1-4-12-8-17(11(3)6-16-12)9-13-7-14-10(2)5-15-13/h5,7,11-12,16H,4,6,8-9H2,1-3H3. The minimum atomic E-state index is 0.570. The summed E-state index contributed by atoms with van der Waals surface area (Å²) in [7, 11) is 0. The summed E-state index contributed by atoms with van der Waals surface area (Å²) >= 11 is 0. The van der Waals surface area contributed by atoms with E-state index in [0.717, 1.165) is 31.0 Å². The van der Waals surface area contributed by atoms with Crippen molar-refractivity contribution >= 4 is 0 Å². The highest BCUT2D eigenvalue weighted by atomic mass is 15.2. The van der Waals surface area contributed by atoms with Gasteiger partial charge in [-0.25, -0.2) is 0 Å². The molecule has 0 aromatic carbocycles. The third kappa shape index (κ3) is 3.23. The Morgan fingerprint density at radius 2 is 2.24 bits per heavy atom. The Balaban J connectivity index is 1.98. The summed E-state index contributed by atoms with van der Waals surface area (Å²) in [5.41, 5.74) is 2.05. The Hall–Kier alpha value is -1.00. The van der Waals surface area contributed by atoms with Gasteiger partial charge in [0.1, 0.15) is 0 Å². The second-order valence-corrected chi connectivity index (χ2v) is 4.94. The van der Waals surface area contributed by atoms with Crippen LogP contribution in [0.4, 0.5) is 0 Å². The summed E-state index contributed by atoms with van der Waals surface area (Å²) in [6, 6.07) is 1.19. The number of rotatable bonds is 3. The smallest absolute Gasteiger partial charge is 0.0727 e. The van der Waals surface area contributed by atoms with Crippen LogP contribution in [0.15, 0.2) is 12.4 Å². The Morgan fingerprint density at radius 3 is 2.88 bits per heavy atom. The summed E-state index contributed by atoms with van der Waals surface area (Å²) in [6.07, 6.45) is 4.92. The molecule has 4 heteroatoms. The Bertz CT molecular complexity index is 349. The Kier molecular flexibility index (Phi) is 4.07. The van der Waals surface area contributed by atoms with Crippen LogP contribution in [0, 0.1) is 6.92 Å². The molecule has 0 bridgehead atoms. The van der Waals surface area contributed by atoms with Gasteiger partial charge >= 0.3 is 0 Å². The van der Waals surface area contributed by atoms with E-state index in [1.807, 2.05) is 19.3 Å². The first-order chi connectivity index (χ1) is 8.19. The molecule has 1 N–H and O–H groups in total. The summed E-state index contributed by atoms with van der Waals surface area (Å²) < 4.78 is 0. The van der Waals surface area contributed by atoms with Crippen molar-refractivity contribution in [2.45, 2.75) is 45.8 Å². The van der Waals surface area contributed by atoms with Crippen LogP contribution < -0.4 is 5.32 Å². The molecule has 1 aliphatic rings. The average Bonchev–Trinajstić information content (AvgIpc) is 2.35. The largest absolute Gasteiger partial charge is 0.311 e. The molecule has 0 aliphatic carbocycles. The Labute approximate surface area is 103 Å². The maximum Gasteiger partial charge on any atom is 0.0727 e. The lowest BCUT2D eigenvalue weighted by atomic mass is 10.1. The van der Waals surface area contributed by atoms with Gasteiger partial charge < -0.3 is 5.32 Å². The van der Waals surface area contributed by atoms with E-state index in [1.165, 1.54) is 6.42 Å². The lowest BCUT2D eigenvalue weighted by molar-refractivity contribution is 0.130. The number of hydrogen-bond donors (Lipinski definition) is 1. The van der Waals surface area contributed by atoms with Crippen molar-refractivity contribution in [1.82, 2.24) is 20.2 Å². The molecule has 1 saturated heterocycles. The van der Waals surface area contributed by atoms with Crippen molar-refractivity contribution in [3.05, 3.63) is 23.8 Å². The van der Waals surface area contributed by atoms with Gasteiger partial charge in [-0.3, -0.25) is 14.9 Å². The molecule has 2 heterocycles. The maximum absolute atomic E-state index is 4.43. The first kappa shape index (κ1) is 12.5. The van der Waals surface area contributed by atoms with Gasteiger partial charge in [-0.05, 0) is 20.3 Å². The molecule has 94 valence electrons. The first-order valence-corrected chi connectivity index (χ1v) is 6.44.